The Hall–Kier alpha value is -1.04. The van der Waals surface area contributed by atoms with Crippen LogP contribution in [0.1, 0.15) is 38.5 Å². The molecule has 0 heterocycles. The molecular formula is C12H20F3NO2. The van der Waals surface area contributed by atoms with Gasteiger partial charge in [0.05, 0.1) is 0 Å². The van der Waals surface area contributed by atoms with Gasteiger partial charge >= 0.3 is 12.1 Å². The average molecular weight is 267 g/mol. The first-order valence-electron chi connectivity index (χ1n) is 6.00. The van der Waals surface area contributed by atoms with Crippen molar-refractivity contribution >= 4 is 5.97 Å². The van der Waals surface area contributed by atoms with Crippen LogP contribution in [0.5, 0.6) is 0 Å². The van der Waals surface area contributed by atoms with E-state index < -0.39 is 18.2 Å². The molecular weight excluding hydrogens is 247 g/mol. The zero-order valence-corrected chi connectivity index (χ0v) is 10.3. The molecule has 1 unspecified atom stereocenters. The lowest BCUT2D eigenvalue weighted by Gasteiger charge is -2.21. The Labute approximate surface area is 105 Å². The minimum atomic E-state index is -4.28. The number of allylic oxidation sites excluding steroid dienone is 1. The molecule has 1 atom stereocenters. The lowest BCUT2D eigenvalue weighted by Crippen LogP contribution is -2.42. The summed E-state index contributed by atoms with van der Waals surface area (Å²) in [6, 6.07) is -1.55. The molecule has 0 fully saturated rings. The Bertz CT molecular complexity index is 254. The number of unbranched alkanes of at least 4 members (excludes halogenated alkanes) is 2. The molecule has 0 spiro atoms. The number of hydrogen-bond donors (Lipinski definition) is 2. The van der Waals surface area contributed by atoms with Crippen LogP contribution in [0.2, 0.25) is 0 Å². The van der Waals surface area contributed by atoms with Crippen LogP contribution in [0.15, 0.2) is 12.7 Å². The Morgan fingerprint density at radius 1 is 1.33 bits per heavy atom. The molecule has 18 heavy (non-hydrogen) atoms. The Kier molecular flexibility index (Phi) is 8.45. The Morgan fingerprint density at radius 2 is 2.00 bits per heavy atom. The molecule has 0 aliphatic rings. The van der Waals surface area contributed by atoms with Gasteiger partial charge in [0, 0.05) is 6.42 Å². The summed E-state index contributed by atoms with van der Waals surface area (Å²) in [6.07, 6.45) is -0.619. The maximum absolute atomic E-state index is 12.6. The summed E-state index contributed by atoms with van der Waals surface area (Å²) < 4.78 is 37.8. The zero-order chi connectivity index (χ0) is 14.0. The molecule has 2 N–H and O–H groups in total. The normalized spacial score (nSPS) is 13.3. The van der Waals surface area contributed by atoms with Crippen molar-refractivity contribution in [1.82, 2.24) is 5.32 Å². The lowest BCUT2D eigenvalue weighted by atomic mass is 10.1. The van der Waals surface area contributed by atoms with E-state index in [-0.39, 0.29) is 25.8 Å². The second-order valence-corrected chi connectivity index (χ2v) is 4.12. The van der Waals surface area contributed by atoms with Gasteiger partial charge in [-0.1, -0.05) is 12.5 Å². The number of aliphatic carboxylic acids is 1. The minimum absolute atomic E-state index is 0.0183. The first kappa shape index (κ1) is 17.0. The molecule has 0 aromatic carbocycles. The van der Waals surface area contributed by atoms with Gasteiger partial charge in [-0.3, -0.25) is 4.79 Å². The first-order valence-corrected chi connectivity index (χ1v) is 6.00. The molecule has 0 aliphatic carbocycles. The van der Waals surface area contributed by atoms with Crippen molar-refractivity contribution in [2.24, 2.45) is 0 Å². The molecule has 0 saturated heterocycles. The van der Waals surface area contributed by atoms with E-state index >= 15 is 0 Å². The molecule has 0 amide bonds. The molecule has 0 aromatic rings. The van der Waals surface area contributed by atoms with Crippen LogP contribution in [0.4, 0.5) is 13.2 Å². The van der Waals surface area contributed by atoms with Gasteiger partial charge in [-0.25, -0.2) is 0 Å². The summed E-state index contributed by atoms with van der Waals surface area (Å²) >= 11 is 0. The second kappa shape index (κ2) is 8.97. The summed E-state index contributed by atoms with van der Waals surface area (Å²) in [5, 5.41) is 10.8. The number of hydrogen-bond acceptors (Lipinski definition) is 2. The van der Waals surface area contributed by atoms with E-state index in [9.17, 15) is 18.0 Å². The monoisotopic (exact) mass is 267 g/mol. The smallest absolute Gasteiger partial charge is 0.403 e. The van der Waals surface area contributed by atoms with Crippen molar-refractivity contribution in [1.29, 1.82) is 0 Å². The van der Waals surface area contributed by atoms with Crippen LogP contribution >= 0.6 is 0 Å². The predicted molar refractivity (Wildman–Crippen MR) is 63.4 cm³/mol. The number of carboxylic acid groups (broad SMARTS) is 1. The number of nitrogens with one attached hydrogen (secondary N) is 1. The summed E-state index contributed by atoms with van der Waals surface area (Å²) in [7, 11) is 0. The van der Waals surface area contributed by atoms with Gasteiger partial charge in [-0.2, -0.15) is 13.2 Å². The molecule has 0 radical (unpaired) electrons. The number of halogens is 3. The largest absolute Gasteiger partial charge is 0.481 e. The quantitative estimate of drug-likeness (QED) is 0.472. The Morgan fingerprint density at radius 3 is 2.50 bits per heavy atom. The standard InChI is InChI=1S/C12H20F3NO2/c1-2-3-4-5-7-10(12(13,14)15)16-9-6-8-11(17)18/h2,10,16H,1,3-9H2,(H,17,18). The summed E-state index contributed by atoms with van der Waals surface area (Å²) in [5.74, 6) is -0.994. The van der Waals surface area contributed by atoms with E-state index in [1.807, 2.05) is 0 Å². The summed E-state index contributed by atoms with van der Waals surface area (Å²) in [5.41, 5.74) is 0. The van der Waals surface area contributed by atoms with Crippen molar-refractivity contribution in [3.05, 3.63) is 12.7 Å². The highest BCUT2D eigenvalue weighted by atomic mass is 19.4. The molecule has 0 saturated carbocycles. The van der Waals surface area contributed by atoms with Gasteiger partial charge in [0.1, 0.15) is 6.04 Å². The van der Waals surface area contributed by atoms with Gasteiger partial charge in [-0.05, 0) is 32.2 Å². The third-order valence-electron chi connectivity index (χ3n) is 2.50. The molecule has 6 heteroatoms. The minimum Gasteiger partial charge on any atom is -0.481 e. The van der Waals surface area contributed by atoms with E-state index in [0.717, 1.165) is 0 Å². The van der Waals surface area contributed by atoms with Gasteiger partial charge in [-0.15, -0.1) is 6.58 Å². The van der Waals surface area contributed by atoms with Crippen molar-refractivity contribution in [3.63, 3.8) is 0 Å². The van der Waals surface area contributed by atoms with Gasteiger partial charge in [0.2, 0.25) is 0 Å². The van der Waals surface area contributed by atoms with Crippen molar-refractivity contribution in [2.75, 3.05) is 6.54 Å². The van der Waals surface area contributed by atoms with Crippen LogP contribution in [0.25, 0.3) is 0 Å². The molecule has 0 bridgehead atoms. The predicted octanol–water partition coefficient (Wildman–Crippen LogP) is 3.12. The SMILES string of the molecule is C=CCCCCC(NCCCC(=O)O)C(F)(F)F. The maximum atomic E-state index is 12.6. The van der Waals surface area contributed by atoms with Crippen LogP contribution < -0.4 is 5.32 Å². The zero-order valence-electron chi connectivity index (χ0n) is 10.3. The van der Waals surface area contributed by atoms with E-state index in [2.05, 4.69) is 11.9 Å². The van der Waals surface area contributed by atoms with E-state index in [0.29, 0.717) is 19.3 Å². The van der Waals surface area contributed by atoms with E-state index in [4.69, 9.17) is 5.11 Å². The van der Waals surface area contributed by atoms with Crippen LogP contribution in [0.3, 0.4) is 0 Å². The van der Waals surface area contributed by atoms with E-state index in [1.165, 1.54) is 0 Å². The number of rotatable bonds is 10. The van der Waals surface area contributed by atoms with Crippen LogP contribution in [0, 0.1) is 0 Å². The van der Waals surface area contributed by atoms with Crippen LogP contribution in [-0.2, 0) is 4.79 Å². The molecule has 106 valence electrons. The molecule has 0 aliphatic heterocycles. The topological polar surface area (TPSA) is 49.3 Å². The number of alkyl halides is 3. The highest BCUT2D eigenvalue weighted by Crippen LogP contribution is 2.24. The van der Waals surface area contributed by atoms with Crippen molar-refractivity contribution in [3.8, 4) is 0 Å². The molecule has 0 aromatic heterocycles. The summed E-state index contributed by atoms with van der Waals surface area (Å²) in [4.78, 5) is 10.2. The second-order valence-electron chi connectivity index (χ2n) is 4.12. The summed E-state index contributed by atoms with van der Waals surface area (Å²) in [6.45, 7) is 3.58. The third-order valence-corrected chi connectivity index (χ3v) is 2.50. The van der Waals surface area contributed by atoms with E-state index in [1.54, 1.807) is 6.08 Å². The highest BCUT2D eigenvalue weighted by Gasteiger charge is 2.38. The fourth-order valence-electron chi connectivity index (χ4n) is 1.53. The molecule has 0 rings (SSSR count). The first-order chi connectivity index (χ1) is 8.38. The van der Waals surface area contributed by atoms with Gasteiger partial charge in [0.25, 0.3) is 0 Å². The molecule has 3 nitrogen and oxygen atoms in total. The van der Waals surface area contributed by atoms with Gasteiger partial charge < -0.3 is 10.4 Å². The third kappa shape index (κ3) is 9.04. The van der Waals surface area contributed by atoms with Gasteiger partial charge in [0.15, 0.2) is 0 Å². The number of carbonyl (C=O) groups is 1. The average Bonchev–Trinajstić information content (AvgIpc) is 2.24. The maximum Gasteiger partial charge on any atom is 0.403 e. The lowest BCUT2D eigenvalue weighted by molar-refractivity contribution is -0.157. The highest BCUT2D eigenvalue weighted by molar-refractivity contribution is 5.66. The Balaban J connectivity index is 3.93. The van der Waals surface area contributed by atoms with Crippen molar-refractivity contribution in [2.45, 2.75) is 50.7 Å². The van der Waals surface area contributed by atoms with Crippen LogP contribution in [-0.4, -0.2) is 29.8 Å². The fraction of sp³-hybridized carbons (Fsp3) is 0.750. The number of carboxylic acids is 1. The van der Waals surface area contributed by atoms with Crippen molar-refractivity contribution < 1.29 is 23.1 Å². The fourth-order valence-corrected chi connectivity index (χ4v) is 1.53.